The normalized spacial score (nSPS) is 10.3. The van der Waals surface area contributed by atoms with Gasteiger partial charge >= 0.3 is 0 Å². The Bertz CT molecular complexity index is 709. The maximum atomic E-state index is 12.8. The second-order valence-electron chi connectivity index (χ2n) is 4.92. The van der Waals surface area contributed by atoms with E-state index < -0.39 is 0 Å². The highest BCUT2D eigenvalue weighted by molar-refractivity contribution is 7.99. The number of carbonyl (C=O) groups is 1. The van der Waals surface area contributed by atoms with Crippen LogP contribution in [0.3, 0.4) is 0 Å². The fraction of sp³-hybridized carbons (Fsp3) is 0.0526. The number of rotatable bonds is 5. The summed E-state index contributed by atoms with van der Waals surface area (Å²) in [7, 11) is 0. The van der Waals surface area contributed by atoms with E-state index in [1.54, 1.807) is 4.90 Å². The van der Waals surface area contributed by atoms with Crippen LogP contribution >= 0.6 is 11.8 Å². The number of nitrogens with zero attached hydrogens (tertiary/aromatic N) is 1. The summed E-state index contributed by atoms with van der Waals surface area (Å²) >= 11 is 1.50. The van der Waals surface area contributed by atoms with Gasteiger partial charge in [-0.2, -0.15) is 0 Å². The predicted molar refractivity (Wildman–Crippen MR) is 93.8 cm³/mol. The van der Waals surface area contributed by atoms with Gasteiger partial charge in [-0.3, -0.25) is 9.69 Å². The Morgan fingerprint density at radius 1 is 0.826 bits per heavy atom. The van der Waals surface area contributed by atoms with Gasteiger partial charge in [0.2, 0.25) is 10.9 Å². The van der Waals surface area contributed by atoms with Gasteiger partial charge in [0.1, 0.15) is 0 Å². The number of hydrogen-bond donors (Lipinski definition) is 0. The van der Waals surface area contributed by atoms with Crippen molar-refractivity contribution in [2.75, 3.05) is 10.7 Å². The number of amides is 1. The SMILES string of the molecule is O=C(CSc1cccc[nH+]1)N(c1ccccc1)c1ccccc1. The van der Waals surface area contributed by atoms with E-state index in [4.69, 9.17) is 0 Å². The number of hydrogen-bond acceptors (Lipinski definition) is 2. The molecule has 3 nitrogen and oxygen atoms in total. The van der Waals surface area contributed by atoms with E-state index in [0.29, 0.717) is 5.75 Å². The van der Waals surface area contributed by atoms with E-state index in [2.05, 4.69) is 4.98 Å². The average molecular weight is 321 g/mol. The zero-order valence-corrected chi connectivity index (χ0v) is 13.4. The molecule has 0 spiro atoms. The first kappa shape index (κ1) is 15.3. The maximum absolute atomic E-state index is 12.8. The molecule has 0 radical (unpaired) electrons. The first-order valence-corrected chi connectivity index (χ1v) is 8.36. The lowest BCUT2D eigenvalue weighted by Gasteiger charge is -2.22. The summed E-state index contributed by atoms with van der Waals surface area (Å²) in [4.78, 5) is 17.7. The van der Waals surface area contributed by atoms with Crippen LogP contribution in [-0.4, -0.2) is 11.7 Å². The average Bonchev–Trinajstić information content (AvgIpc) is 2.63. The van der Waals surface area contributed by atoms with Crippen LogP contribution in [-0.2, 0) is 4.79 Å². The topological polar surface area (TPSA) is 34.5 Å². The number of benzene rings is 2. The van der Waals surface area contributed by atoms with Gasteiger partial charge in [-0.05, 0) is 42.1 Å². The quantitative estimate of drug-likeness (QED) is 0.667. The van der Waals surface area contributed by atoms with E-state index in [1.165, 1.54) is 11.8 Å². The fourth-order valence-corrected chi connectivity index (χ4v) is 3.00. The molecule has 1 amide bonds. The molecule has 0 bridgehead atoms. The number of H-pyrrole nitrogens is 1. The minimum absolute atomic E-state index is 0.0460. The molecule has 0 saturated heterocycles. The van der Waals surface area contributed by atoms with Gasteiger partial charge in [0.25, 0.3) is 0 Å². The minimum Gasteiger partial charge on any atom is -0.280 e. The number of aromatic nitrogens is 1. The molecule has 0 aliphatic heterocycles. The molecule has 114 valence electrons. The van der Waals surface area contributed by atoms with Gasteiger partial charge in [-0.25, -0.2) is 4.98 Å². The Hall–Kier alpha value is -2.59. The Morgan fingerprint density at radius 2 is 1.39 bits per heavy atom. The Balaban J connectivity index is 1.82. The molecule has 0 unspecified atom stereocenters. The lowest BCUT2D eigenvalue weighted by Crippen LogP contribution is -2.27. The van der Waals surface area contributed by atoms with Crippen LogP contribution in [0.25, 0.3) is 0 Å². The number of anilines is 2. The molecule has 0 aliphatic rings. The smallest absolute Gasteiger partial charge is 0.242 e. The van der Waals surface area contributed by atoms with Crippen LogP contribution in [0.4, 0.5) is 11.4 Å². The van der Waals surface area contributed by atoms with Crippen molar-refractivity contribution in [1.82, 2.24) is 0 Å². The maximum Gasteiger partial charge on any atom is 0.242 e. The fourth-order valence-electron chi connectivity index (χ4n) is 2.26. The summed E-state index contributed by atoms with van der Waals surface area (Å²) in [6.07, 6.45) is 1.86. The standard InChI is InChI=1S/C19H16N2OS/c22-19(15-23-18-13-7-8-14-20-18)21(16-9-3-1-4-10-16)17-11-5-2-6-12-17/h1-14H,15H2/p+1. The molecule has 1 N–H and O–H groups in total. The molecule has 1 heterocycles. The van der Waals surface area contributed by atoms with Crippen molar-refractivity contribution in [2.45, 2.75) is 5.03 Å². The Labute approximate surface area is 140 Å². The van der Waals surface area contributed by atoms with Gasteiger partial charge in [0.15, 0.2) is 6.20 Å². The third kappa shape index (κ3) is 3.99. The predicted octanol–water partition coefficient (Wildman–Crippen LogP) is 3.96. The van der Waals surface area contributed by atoms with Crippen molar-refractivity contribution in [2.24, 2.45) is 0 Å². The molecule has 0 saturated carbocycles. The summed E-state index contributed by atoms with van der Waals surface area (Å²) in [5.74, 6) is 0.411. The lowest BCUT2D eigenvalue weighted by atomic mass is 10.2. The third-order valence-corrected chi connectivity index (χ3v) is 4.27. The molecule has 3 rings (SSSR count). The number of carbonyl (C=O) groups excluding carboxylic acids is 1. The Kier molecular flexibility index (Phi) is 5.06. The van der Waals surface area contributed by atoms with Crippen molar-refractivity contribution in [3.8, 4) is 0 Å². The summed E-state index contributed by atoms with van der Waals surface area (Å²) < 4.78 is 0. The van der Waals surface area contributed by atoms with E-state index in [1.807, 2.05) is 85.1 Å². The number of pyridine rings is 1. The number of aromatic amines is 1. The number of para-hydroxylation sites is 2. The summed E-state index contributed by atoms with van der Waals surface area (Å²) in [6.45, 7) is 0. The van der Waals surface area contributed by atoms with Crippen LogP contribution in [0.1, 0.15) is 0 Å². The Morgan fingerprint density at radius 3 is 1.91 bits per heavy atom. The van der Waals surface area contributed by atoms with E-state index >= 15 is 0 Å². The summed E-state index contributed by atoms with van der Waals surface area (Å²) in [5.41, 5.74) is 1.75. The molecular formula is C19H17N2OS+. The summed E-state index contributed by atoms with van der Waals surface area (Å²) in [6, 6.07) is 25.3. The van der Waals surface area contributed by atoms with Crippen molar-refractivity contribution in [3.05, 3.63) is 85.1 Å². The van der Waals surface area contributed by atoms with Crippen molar-refractivity contribution in [3.63, 3.8) is 0 Å². The largest absolute Gasteiger partial charge is 0.280 e. The number of thioether (sulfide) groups is 1. The number of nitrogens with one attached hydrogen (secondary N) is 1. The minimum atomic E-state index is 0.0460. The van der Waals surface area contributed by atoms with Gasteiger partial charge in [-0.1, -0.05) is 36.4 Å². The summed E-state index contributed by atoms with van der Waals surface area (Å²) in [5, 5.41) is 0.974. The van der Waals surface area contributed by atoms with E-state index in [9.17, 15) is 4.79 Å². The molecule has 23 heavy (non-hydrogen) atoms. The molecule has 0 aliphatic carbocycles. The van der Waals surface area contributed by atoms with Crippen LogP contribution in [0.15, 0.2) is 90.1 Å². The third-order valence-electron chi connectivity index (χ3n) is 3.31. The molecule has 0 fully saturated rings. The van der Waals surface area contributed by atoms with Gasteiger partial charge in [0.05, 0.1) is 5.75 Å². The second-order valence-corrected chi connectivity index (χ2v) is 5.93. The molecule has 3 aromatic rings. The van der Waals surface area contributed by atoms with Crippen molar-refractivity contribution < 1.29 is 9.78 Å². The zero-order chi connectivity index (χ0) is 15.9. The zero-order valence-electron chi connectivity index (χ0n) is 12.6. The van der Waals surface area contributed by atoms with Gasteiger partial charge < -0.3 is 0 Å². The first-order valence-electron chi connectivity index (χ1n) is 7.37. The van der Waals surface area contributed by atoms with Crippen molar-refractivity contribution >= 4 is 29.0 Å². The van der Waals surface area contributed by atoms with Crippen LogP contribution < -0.4 is 9.88 Å². The molecule has 2 aromatic carbocycles. The van der Waals surface area contributed by atoms with Gasteiger partial charge in [0, 0.05) is 23.5 Å². The van der Waals surface area contributed by atoms with Crippen molar-refractivity contribution in [1.29, 1.82) is 0 Å². The first-order chi connectivity index (χ1) is 11.3. The molecular weight excluding hydrogens is 304 g/mol. The molecule has 0 atom stereocenters. The van der Waals surface area contributed by atoms with E-state index in [-0.39, 0.29) is 5.91 Å². The highest BCUT2D eigenvalue weighted by Gasteiger charge is 2.18. The monoisotopic (exact) mass is 321 g/mol. The molecule has 4 heteroatoms. The highest BCUT2D eigenvalue weighted by Crippen LogP contribution is 2.26. The van der Waals surface area contributed by atoms with Crippen LogP contribution in [0.2, 0.25) is 0 Å². The highest BCUT2D eigenvalue weighted by atomic mass is 32.2. The molecule has 1 aromatic heterocycles. The second kappa shape index (κ2) is 7.61. The lowest BCUT2D eigenvalue weighted by molar-refractivity contribution is -0.426. The van der Waals surface area contributed by atoms with Gasteiger partial charge in [-0.15, -0.1) is 0 Å². The van der Waals surface area contributed by atoms with E-state index in [0.717, 1.165) is 16.4 Å². The van der Waals surface area contributed by atoms with Crippen LogP contribution in [0, 0.1) is 0 Å². The van der Waals surface area contributed by atoms with Crippen LogP contribution in [0.5, 0.6) is 0 Å².